The second kappa shape index (κ2) is 5.73. The lowest BCUT2D eigenvalue weighted by molar-refractivity contribution is -0.138. The van der Waals surface area contributed by atoms with Crippen LogP contribution in [-0.4, -0.2) is 40.8 Å². The maximum atomic E-state index is 11.8. The minimum Gasteiger partial charge on any atom is -0.450 e. The molecule has 0 spiro atoms. The highest BCUT2D eigenvalue weighted by atomic mass is 16.5. The van der Waals surface area contributed by atoms with E-state index in [2.05, 4.69) is 6.58 Å². The van der Waals surface area contributed by atoms with Crippen molar-refractivity contribution in [1.82, 2.24) is 0 Å². The summed E-state index contributed by atoms with van der Waals surface area (Å²) >= 11 is 0. The summed E-state index contributed by atoms with van der Waals surface area (Å²) in [5.74, 6) is -0.720. The van der Waals surface area contributed by atoms with Crippen molar-refractivity contribution in [3.63, 3.8) is 0 Å². The summed E-state index contributed by atoms with van der Waals surface area (Å²) in [7, 11) is 0. The fourth-order valence-electron chi connectivity index (χ4n) is 2.41. The third-order valence-electron chi connectivity index (χ3n) is 3.78. The van der Waals surface area contributed by atoms with Crippen LogP contribution in [0.15, 0.2) is 34.9 Å². The maximum Gasteiger partial charge on any atom is 0.337 e. The number of allylic oxidation sites excluding steroid dienone is 1. The largest absolute Gasteiger partial charge is 0.450 e. The minimum absolute atomic E-state index is 0.00621. The standard InChI is InChI=1S/C15H18O5/c1-8-3-4-10-11(7-16)15(19)20-14(10)5-9(2)13(18)6-12(8)17/h5,13-14,16,18H,1,3-4,6-7H2,2H3. The van der Waals surface area contributed by atoms with Gasteiger partial charge in [0.25, 0.3) is 0 Å². The Morgan fingerprint density at radius 1 is 1.40 bits per heavy atom. The van der Waals surface area contributed by atoms with Crippen LogP contribution < -0.4 is 0 Å². The molecule has 2 atom stereocenters. The molecule has 0 aromatic heterocycles. The molecule has 2 N–H and O–H groups in total. The molecule has 1 aliphatic heterocycles. The van der Waals surface area contributed by atoms with Crippen molar-refractivity contribution >= 4 is 11.8 Å². The first-order valence-corrected chi connectivity index (χ1v) is 6.55. The Labute approximate surface area is 117 Å². The number of carbonyl (C=O) groups excluding carboxylic acids is 2. The molecule has 1 aliphatic carbocycles. The van der Waals surface area contributed by atoms with E-state index in [0.717, 1.165) is 0 Å². The van der Waals surface area contributed by atoms with Crippen LogP contribution >= 0.6 is 0 Å². The molecule has 5 nitrogen and oxygen atoms in total. The summed E-state index contributed by atoms with van der Waals surface area (Å²) in [6.07, 6.45) is 0.993. The van der Waals surface area contributed by atoms with E-state index in [0.29, 0.717) is 29.6 Å². The molecule has 108 valence electrons. The average Bonchev–Trinajstić information content (AvgIpc) is 2.69. The van der Waals surface area contributed by atoms with Gasteiger partial charge < -0.3 is 14.9 Å². The predicted molar refractivity (Wildman–Crippen MR) is 71.8 cm³/mol. The highest BCUT2D eigenvalue weighted by molar-refractivity contribution is 5.96. The van der Waals surface area contributed by atoms with Crippen LogP contribution in [0.1, 0.15) is 26.2 Å². The number of aliphatic hydroxyl groups is 2. The van der Waals surface area contributed by atoms with Gasteiger partial charge in [0, 0.05) is 6.42 Å². The molecule has 0 saturated heterocycles. The van der Waals surface area contributed by atoms with Gasteiger partial charge in [-0.3, -0.25) is 4.79 Å². The number of ether oxygens (including phenoxy) is 1. The monoisotopic (exact) mass is 278 g/mol. The average molecular weight is 278 g/mol. The molecule has 0 amide bonds. The van der Waals surface area contributed by atoms with Crippen molar-refractivity contribution in [3.05, 3.63) is 34.9 Å². The lowest BCUT2D eigenvalue weighted by Gasteiger charge is -2.18. The smallest absolute Gasteiger partial charge is 0.337 e. The Morgan fingerprint density at radius 2 is 2.10 bits per heavy atom. The van der Waals surface area contributed by atoms with Crippen molar-refractivity contribution < 1.29 is 24.5 Å². The van der Waals surface area contributed by atoms with Crippen molar-refractivity contribution in [2.75, 3.05) is 6.61 Å². The van der Waals surface area contributed by atoms with E-state index in [-0.39, 0.29) is 24.4 Å². The molecule has 0 fully saturated rings. The van der Waals surface area contributed by atoms with Gasteiger partial charge in [-0.1, -0.05) is 6.58 Å². The number of aliphatic hydroxyl groups excluding tert-OH is 2. The molecule has 0 aromatic rings. The molecule has 0 saturated carbocycles. The summed E-state index contributed by atoms with van der Waals surface area (Å²) in [6.45, 7) is 5.02. The first kappa shape index (κ1) is 14.7. The molecule has 0 bridgehead atoms. The van der Waals surface area contributed by atoms with Crippen LogP contribution in [0.3, 0.4) is 0 Å². The summed E-state index contributed by atoms with van der Waals surface area (Å²) in [6, 6.07) is 0. The molecule has 2 rings (SSSR count). The number of hydrogen-bond acceptors (Lipinski definition) is 5. The van der Waals surface area contributed by atoms with Gasteiger partial charge in [0.05, 0.1) is 18.3 Å². The molecule has 2 aliphatic rings. The van der Waals surface area contributed by atoms with E-state index >= 15 is 0 Å². The number of carbonyl (C=O) groups is 2. The molecular formula is C15H18O5. The topological polar surface area (TPSA) is 83.8 Å². The van der Waals surface area contributed by atoms with Crippen molar-refractivity contribution in [2.45, 2.75) is 38.4 Å². The normalized spacial score (nSPS) is 28.1. The zero-order valence-corrected chi connectivity index (χ0v) is 11.4. The Balaban J connectivity index is 2.41. The van der Waals surface area contributed by atoms with Crippen LogP contribution in [0, 0.1) is 0 Å². The SMILES string of the molecule is C=C1CCC2=C(CO)C(=O)OC2C=C(C)C(O)CC1=O. The zero-order chi connectivity index (χ0) is 14.9. The third-order valence-corrected chi connectivity index (χ3v) is 3.78. The number of esters is 1. The molecule has 0 radical (unpaired) electrons. The summed E-state index contributed by atoms with van der Waals surface area (Å²) < 4.78 is 5.21. The maximum absolute atomic E-state index is 11.8. The minimum atomic E-state index is -0.907. The van der Waals surface area contributed by atoms with Gasteiger partial charge in [-0.25, -0.2) is 4.79 Å². The van der Waals surface area contributed by atoms with Crippen molar-refractivity contribution in [3.8, 4) is 0 Å². The molecule has 1 heterocycles. The highest BCUT2D eigenvalue weighted by Gasteiger charge is 2.33. The van der Waals surface area contributed by atoms with E-state index in [1.54, 1.807) is 13.0 Å². The first-order valence-electron chi connectivity index (χ1n) is 6.55. The van der Waals surface area contributed by atoms with Crippen LogP contribution in [0.2, 0.25) is 0 Å². The summed E-state index contributed by atoms with van der Waals surface area (Å²) in [4.78, 5) is 23.5. The fourth-order valence-corrected chi connectivity index (χ4v) is 2.41. The quantitative estimate of drug-likeness (QED) is 0.421. The van der Waals surface area contributed by atoms with E-state index in [4.69, 9.17) is 4.74 Å². The fraction of sp³-hybridized carbons (Fsp3) is 0.467. The van der Waals surface area contributed by atoms with E-state index < -0.39 is 18.2 Å². The number of ketones is 1. The Morgan fingerprint density at radius 3 is 2.75 bits per heavy atom. The lowest BCUT2D eigenvalue weighted by atomic mass is 9.91. The van der Waals surface area contributed by atoms with Gasteiger partial charge in [-0.15, -0.1) is 0 Å². The molecule has 0 aromatic carbocycles. The van der Waals surface area contributed by atoms with E-state index in [1.807, 2.05) is 0 Å². The highest BCUT2D eigenvalue weighted by Crippen LogP contribution is 2.31. The molecular weight excluding hydrogens is 260 g/mol. The third kappa shape index (κ3) is 2.73. The van der Waals surface area contributed by atoms with E-state index in [1.165, 1.54) is 0 Å². The first-order chi connectivity index (χ1) is 9.43. The number of rotatable bonds is 1. The molecule has 20 heavy (non-hydrogen) atoms. The van der Waals surface area contributed by atoms with Crippen molar-refractivity contribution in [2.24, 2.45) is 0 Å². The number of Topliss-reactive ketones (excluding diaryl/α,β-unsaturated/α-hetero) is 1. The van der Waals surface area contributed by atoms with Gasteiger partial charge in [-0.05, 0) is 42.6 Å². The summed E-state index contributed by atoms with van der Waals surface area (Å²) in [5, 5.41) is 19.2. The summed E-state index contributed by atoms with van der Waals surface area (Å²) in [5.41, 5.74) is 1.90. The van der Waals surface area contributed by atoms with Gasteiger partial charge >= 0.3 is 5.97 Å². The lowest BCUT2D eigenvalue weighted by Crippen LogP contribution is -2.20. The molecule has 2 unspecified atom stereocenters. The van der Waals surface area contributed by atoms with Crippen LogP contribution in [0.25, 0.3) is 0 Å². The Kier molecular flexibility index (Phi) is 4.20. The van der Waals surface area contributed by atoms with Gasteiger partial charge in [0.1, 0.15) is 6.10 Å². The van der Waals surface area contributed by atoms with E-state index in [9.17, 15) is 19.8 Å². The number of hydrogen-bond donors (Lipinski definition) is 2. The molecule has 5 heteroatoms. The second-order valence-electron chi connectivity index (χ2n) is 5.15. The van der Waals surface area contributed by atoms with Crippen molar-refractivity contribution in [1.29, 1.82) is 0 Å². The van der Waals surface area contributed by atoms with Gasteiger partial charge in [-0.2, -0.15) is 0 Å². The van der Waals surface area contributed by atoms with Crippen LogP contribution in [0.5, 0.6) is 0 Å². The predicted octanol–water partition coefficient (Wildman–Crippen LogP) is 0.817. The van der Waals surface area contributed by atoms with Crippen LogP contribution in [-0.2, 0) is 14.3 Å². The second-order valence-corrected chi connectivity index (χ2v) is 5.15. The Bertz CT molecular complexity index is 526. The Hall–Kier alpha value is -1.72. The number of fused-ring (bicyclic) bond motifs is 1. The van der Waals surface area contributed by atoms with Crippen LogP contribution in [0.4, 0.5) is 0 Å². The van der Waals surface area contributed by atoms with Gasteiger partial charge in [0.2, 0.25) is 0 Å². The van der Waals surface area contributed by atoms with Gasteiger partial charge in [0.15, 0.2) is 5.78 Å². The zero-order valence-electron chi connectivity index (χ0n) is 11.4.